The van der Waals surface area contributed by atoms with Gasteiger partial charge in [0.1, 0.15) is 24.2 Å². The highest BCUT2D eigenvalue weighted by atomic mass is 16.5. The number of hydrogen-bond acceptors (Lipinski definition) is 9. The molecule has 0 saturated carbocycles. The van der Waals surface area contributed by atoms with E-state index in [1.165, 1.54) is 12.0 Å². The number of piperidine rings is 1. The smallest absolute Gasteiger partial charge is 0.227 e. The van der Waals surface area contributed by atoms with E-state index >= 15 is 0 Å². The molecule has 1 amide bonds. The summed E-state index contributed by atoms with van der Waals surface area (Å²) in [4.78, 5) is 26.1. The zero-order chi connectivity index (χ0) is 30.4. The van der Waals surface area contributed by atoms with E-state index in [9.17, 15) is 10.1 Å². The van der Waals surface area contributed by atoms with E-state index in [-0.39, 0.29) is 11.8 Å². The predicted molar refractivity (Wildman–Crippen MR) is 164 cm³/mol. The number of ether oxygens (including phenoxy) is 2. The van der Waals surface area contributed by atoms with Crippen molar-refractivity contribution in [2.24, 2.45) is 5.92 Å². The number of carbonyl (C=O) groups is 1. The summed E-state index contributed by atoms with van der Waals surface area (Å²) < 4.78 is 13.1. The van der Waals surface area contributed by atoms with E-state index in [0.717, 1.165) is 53.2 Å². The lowest BCUT2D eigenvalue weighted by atomic mass is 9.78. The molecule has 11 heteroatoms. The number of nitrogens with one attached hydrogen (secondary N) is 1. The second-order valence-electron chi connectivity index (χ2n) is 11.7. The van der Waals surface area contributed by atoms with Crippen molar-refractivity contribution in [3.05, 3.63) is 77.4 Å². The molecule has 3 fully saturated rings. The molecule has 3 aliphatic heterocycles. The van der Waals surface area contributed by atoms with Crippen LogP contribution in [0.3, 0.4) is 0 Å². The Labute approximate surface area is 255 Å². The van der Waals surface area contributed by atoms with Gasteiger partial charge in [-0.2, -0.15) is 10.4 Å². The first-order chi connectivity index (χ1) is 21.4. The summed E-state index contributed by atoms with van der Waals surface area (Å²) in [5, 5.41) is 16.9. The monoisotopic (exact) mass is 590 g/mol. The Morgan fingerprint density at radius 1 is 1.14 bits per heavy atom. The summed E-state index contributed by atoms with van der Waals surface area (Å²) in [7, 11) is 3.29. The molecule has 0 aromatic carbocycles. The minimum atomic E-state index is -0.0785. The molecular weight excluding hydrogens is 556 g/mol. The van der Waals surface area contributed by atoms with Crippen LogP contribution in [-0.2, 0) is 11.3 Å². The molecule has 44 heavy (non-hydrogen) atoms. The molecule has 7 heterocycles. The van der Waals surface area contributed by atoms with Crippen molar-refractivity contribution in [1.82, 2.24) is 29.8 Å². The van der Waals surface area contributed by atoms with Crippen LogP contribution in [0, 0.1) is 17.2 Å². The second-order valence-corrected chi connectivity index (χ2v) is 11.7. The Hall–Kier alpha value is -4.95. The number of aromatic nitrogens is 4. The van der Waals surface area contributed by atoms with Crippen LogP contribution in [0.4, 0.5) is 5.82 Å². The molecule has 224 valence electrons. The zero-order valence-electron chi connectivity index (χ0n) is 25.0. The quantitative estimate of drug-likeness (QED) is 0.292. The minimum absolute atomic E-state index is 0.0384. The largest absolute Gasteiger partial charge is 0.488 e. The molecular formula is C33H34N8O3. The van der Waals surface area contributed by atoms with E-state index in [1.54, 1.807) is 31.1 Å². The second kappa shape index (κ2) is 11.3. The molecule has 0 spiro atoms. The van der Waals surface area contributed by atoms with Crippen LogP contribution in [-0.4, -0.2) is 76.3 Å². The average Bonchev–Trinajstić information content (AvgIpc) is 3.49. The van der Waals surface area contributed by atoms with Crippen molar-refractivity contribution >= 4 is 17.2 Å². The van der Waals surface area contributed by atoms with Gasteiger partial charge < -0.3 is 19.7 Å². The molecule has 3 unspecified atom stereocenters. The number of pyridine rings is 3. The van der Waals surface area contributed by atoms with Crippen LogP contribution in [0.25, 0.3) is 16.6 Å². The molecule has 4 aliphatic rings. The lowest BCUT2D eigenvalue weighted by molar-refractivity contribution is -0.124. The molecule has 11 nitrogen and oxygen atoms in total. The number of methoxy groups -OCH3 is 1. The van der Waals surface area contributed by atoms with Gasteiger partial charge in [0.2, 0.25) is 11.8 Å². The van der Waals surface area contributed by atoms with Gasteiger partial charge in [-0.25, -0.2) is 14.5 Å². The van der Waals surface area contributed by atoms with E-state index in [4.69, 9.17) is 14.5 Å². The van der Waals surface area contributed by atoms with Crippen molar-refractivity contribution < 1.29 is 14.3 Å². The van der Waals surface area contributed by atoms with Crippen LogP contribution in [0.2, 0.25) is 0 Å². The van der Waals surface area contributed by atoms with Gasteiger partial charge in [-0.15, -0.1) is 0 Å². The van der Waals surface area contributed by atoms with E-state index in [1.807, 2.05) is 31.5 Å². The van der Waals surface area contributed by atoms with Gasteiger partial charge in [0, 0.05) is 68.4 Å². The van der Waals surface area contributed by atoms with Crippen molar-refractivity contribution in [2.45, 2.75) is 38.4 Å². The van der Waals surface area contributed by atoms with Crippen LogP contribution in [0.1, 0.15) is 30.9 Å². The third kappa shape index (κ3) is 4.91. The van der Waals surface area contributed by atoms with Crippen LogP contribution in [0.15, 0.2) is 66.3 Å². The third-order valence-corrected chi connectivity index (χ3v) is 9.31. The number of nitriles is 1. The average molecular weight is 591 g/mol. The minimum Gasteiger partial charge on any atom is -0.488 e. The molecule has 8 rings (SSSR count). The highest BCUT2D eigenvalue weighted by Crippen LogP contribution is 2.38. The molecule has 0 radical (unpaired) electrons. The Bertz CT molecular complexity index is 1780. The van der Waals surface area contributed by atoms with Gasteiger partial charge in [0.25, 0.3) is 0 Å². The van der Waals surface area contributed by atoms with Crippen molar-refractivity contribution in [1.29, 1.82) is 5.26 Å². The van der Waals surface area contributed by atoms with Crippen molar-refractivity contribution in [3.63, 3.8) is 0 Å². The maximum atomic E-state index is 12.0. The first-order valence-corrected chi connectivity index (χ1v) is 14.9. The highest BCUT2D eigenvalue weighted by molar-refractivity contribution is 5.85. The SMILES string of the molecule is CNC(=O)C1CC(COc2cc(-c3ccc(N4CC5CC(C4)N5Cc4ccc(OC)nc4)nc3)c3c(C#N)cnn3c2)=C1C. The van der Waals surface area contributed by atoms with Gasteiger partial charge in [-0.3, -0.25) is 9.69 Å². The first kappa shape index (κ1) is 27.9. The maximum absolute atomic E-state index is 12.0. The molecule has 2 bridgehead atoms. The maximum Gasteiger partial charge on any atom is 0.227 e. The Morgan fingerprint density at radius 2 is 1.98 bits per heavy atom. The number of nitrogens with zero attached hydrogens (tertiary/aromatic N) is 7. The van der Waals surface area contributed by atoms with Gasteiger partial charge in [0.15, 0.2) is 0 Å². The Balaban J connectivity index is 1.07. The fraction of sp³-hybridized carbons (Fsp3) is 0.364. The number of anilines is 1. The Morgan fingerprint density at radius 3 is 2.64 bits per heavy atom. The molecule has 3 saturated heterocycles. The van der Waals surface area contributed by atoms with E-state index < -0.39 is 0 Å². The number of amides is 1. The summed E-state index contributed by atoms with van der Waals surface area (Å²) in [5.74, 6) is 2.18. The number of piperazine rings is 1. The summed E-state index contributed by atoms with van der Waals surface area (Å²) in [6, 6.07) is 13.3. The van der Waals surface area contributed by atoms with E-state index in [2.05, 4.69) is 49.5 Å². The number of carbonyl (C=O) groups excluding carboxylic acids is 1. The zero-order valence-corrected chi connectivity index (χ0v) is 25.0. The molecule has 3 atom stereocenters. The molecule has 4 aromatic rings. The predicted octanol–water partition coefficient (Wildman–Crippen LogP) is 3.60. The first-order valence-electron chi connectivity index (χ1n) is 14.9. The fourth-order valence-electron chi connectivity index (χ4n) is 6.66. The van der Waals surface area contributed by atoms with Crippen molar-refractivity contribution in [2.75, 3.05) is 38.8 Å². The van der Waals surface area contributed by atoms with Gasteiger partial charge in [-0.1, -0.05) is 11.6 Å². The molecule has 1 N–H and O–H groups in total. The number of hydrogen-bond donors (Lipinski definition) is 1. The lowest BCUT2D eigenvalue weighted by Crippen LogP contribution is -2.68. The van der Waals surface area contributed by atoms with Crippen LogP contribution < -0.4 is 19.7 Å². The summed E-state index contributed by atoms with van der Waals surface area (Å²) >= 11 is 0. The summed E-state index contributed by atoms with van der Waals surface area (Å²) in [5.41, 5.74) is 6.31. The van der Waals surface area contributed by atoms with Crippen LogP contribution >= 0.6 is 0 Å². The molecule has 4 aromatic heterocycles. The topological polar surface area (TPSA) is 121 Å². The van der Waals surface area contributed by atoms with E-state index in [0.29, 0.717) is 42.3 Å². The third-order valence-electron chi connectivity index (χ3n) is 9.31. The normalized spacial score (nSPS) is 21.0. The fourth-order valence-corrected chi connectivity index (χ4v) is 6.66. The standard InChI is InChI=1S/C33H34N8O3/c1-20-23(8-28(20)33(42)35-2)19-44-27-10-29(32-24(11-34)14-38-41(32)18-27)22-5-6-30(36-13-22)39-16-25-9-26(17-39)40(25)15-21-4-7-31(43-3)37-12-21/h4-7,10,12-14,18,25-26,28H,8-9,15-17,19H2,1-3H3,(H,35,42). The van der Waals surface area contributed by atoms with Gasteiger partial charge >= 0.3 is 0 Å². The number of fused-ring (bicyclic) bond motifs is 3. The number of rotatable bonds is 9. The van der Waals surface area contributed by atoms with Crippen molar-refractivity contribution in [3.8, 4) is 28.8 Å². The summed E-state index contributed by atoms with van der Waals surface area (Å²) in [6.45, 7) is 5.13. The summed E-state index contributed by atoms with van der Waals surface area (Å²) in [6.07, 6.45) is 9.03. The van der Waals surface area contributed by atoms with Crippen LogP contribution in [0.5, 0.6) is 11.6 Å². The van der Waals surface area contributed by atoms with Gasteiger partial charge in [-0.05, 0) is 49.1 Å². The Kier molecular flexibility index (Phi) is 7.14. The van der Waals surface area contributed by atoms with Gasteiger partial charge in [0.05, 0.1) is 36.5 Å². The molecule has 1 aliphatic carbocycles. The highest BCUT2D eigenvalue weighted by Gasteiger charge is 2.44. The lowest BCUT2D eigenvalue weighted by Gasteiger charge is -2.56.